The van der Waals surface area contributed by atoms with Gasteiger partial charge >= 0.3 is 103 Å². The zero-order valence-electron chi connectivity index (χ0n) is 8.31. The molecule has 0 heterocycles. The van der Waals surface area contributed by atoms with Crippen molar-refractivity contribution in [1.82, 2.24) is 0 Å². The first-order valence-corrected chi connectivity index (χ1v) is 5.39. The van der Waals surface area contributed by atoms with Crippen LogP contribution < -0.4 is 103 Å². The summed E-state index contributed by atoms with van der Waals surface area (Å²) in [7, 11) is 0. The topological polar surface area (TPSA) is 80.3 Å². The molecule has 0 aliphatic carbocycles. The molecule has 4 unspecified atom stereocenters. The van der Waals surface area contributed by atoms with E-state index in [0.717, 1.165) is 0 Å². The minimum Gasteiger partial charge on any atom is -0.772 e. The molecule has 0 aromatic heterocycles. The quantitative estimate of drug-likeness (QED) is 0.378. The van der Waals surface area contributed by atoms with E-state index in [0.29, 0.717) is 0 Å². The molecular weight excluding hydrogens is 266 g/mol. The largest absolute Gasteiger partial charge is 1.00 e. The third kappa shape index (κ3) is 11.8. The molecule has 0 saturated carbocycles. The Hall–Kier alpha value is 3.49. The maximum absolute atomic E-state index is 10.3. The fourth-order valence-electron chi connectivity index (χ4n) is 0.625. The third-order valence-corrected chi connectivity index (χ3v) is 3.02. The van der Waals surface area contributed by atoms with Crippen molar-refractivity contribution in [2.45, 2.75) is 30.8 Å². The van der Waals surface area contributed by atoms with Gasteiger partial charge < -0.3 is 9.11 Å². The fraction of sp³-hybridized carbons (Fsp3) is 1.00. The normalized spacial score (nSPS) is 18.8. The Morgan fingerprint density at radius 2 is 1.23 bits per heavy atom. The van der Waals surface area contributed by atoms with Crippen molar-refractivity contribution in [3.63, 3.8) is 0 Å². The average Bonchev–Trinajstić information content (AvgIpc) is 1.87. The van der Waals surface area contributed by atoms with Gasteiger partial charge in [-0.05, 0) is 6.42 Å². The van der Waals surface area contributed by atoms with Gasteiger partial charge in [0.15, 0.2) is 0 Å². The Labute approximate surface area is 169 Å². The van der Waals surface area contributed by atoms with Crippen LogP contribution in [0.15, 0.2) is 0 Å². The van der Waals surface area contributed by atoms with E-state index in [4.69, 9.17) is 0 Å². The predicted octanol–water partition coefficient (Wildman–Crippen LogP) is -6.08. The van der Waals surface area contributed by atoms with Crippen molar-refractivity contribution < 1.29 is 120 Å². The average molecular weight is 276 g/mol. The molecule has 0 radical (unpaired) electrons. The summed E-state index contributed by atoms with van der Waals surface area (Å²) in [5.41, 5.74) is 0. The summed E-state index contributed by atoms with van der Waals surface area (Å²) in [6, 6.07) is 0. The number of rotatable bonds is 4. The van der Waals surface area contributed by atoms with Crippen molar-refractivity contribution in [2.24, 2.45) is 0 Å². The molecule has 0 amide bonds. The molecule has 0 bridgehead atoms. The number of hydrogen-bond acceptors (Lipinski definition) is 4. The van der Waals surface area contributed by atoms with Crippen LogP contribution in [-0.2, 0) is 22.2 Å². The second-order valence-corrected chi connectivity index (χ2v) is 5.03. The van der Waals surface area contributed by atoms with Gasteiger partial charge in [-0.1, -0.05) is 36.0 Å². The van der Waals surface area contributed by atoms with Gasteiger partial charge in [-0.3, -0.25) is 8.42 Å². The Bertz CT molecular complexity index is 160. The smallest absolute Gasteiger partial charge is 0.772 e. The first-order chi connectivity index (χ1) is 4.95. The first-order valence-electron chi connectivity index (χ1n) is 3.11. The maximum atomic E-state index is 10.3. The molecule has 0 aromatic rings. The Balaban J connectivity index is -0.000000500. The molecule has 4 nitrogen and oxygen atoms in total. The van der Waals surface area contributed by atoms with E-state index >= 15 is 0 Å². The summed E-state index contributed by atoms with van der Waals surface area (Å²) in [6.45, 7) is 2.96. The van der Waals surface area contributed by atoms with Gasteiger partial charge in [0.2, 0.25) is 0 Å². The van der Waals surface area contributed by atoms with Crippen LogP contribution in [0.5, 0.6) is 0 Å². The van der Waals surface area contributed by atoms with Gasteiger partial charge in [0.05, 0.1) is 0 Å². The van der Waals surface area contributed by atoms with Crippen molar-refractivity contribution in [3.05, 3.63) is 0 Å². The SMILES string of the molecule is CC(CC(C)S(=O)[O-])S(=O)[O-].[K+].[K+]. The van der Waals surface area contributed by atoms with Crippen LogP contribution in [0.25, 0.3) is 0 Å². The van der Waals surface area contributed by atoms with Gasteiger partial charge in [0.1, 0.15) is 0 Å². The molecule has 4 atom stereocenters. The van der Waals surface area contributed by atoms with E-state index in [2.05, 4.69) is 0 Å². The molecule has 0 aliphatic rings. The third-order valence-electron chi connectivity index (χ3n) is 1.32. The second-order valence-electron chi connectivity index (χ2n) is 2.38. The van der Waals surface area contributed by atoms with Crippen LogP contribution in [0.4, 0.5) is 0 Å². The Morgan fingerprint density at radius 3 is 1.38 bits per heavy atom. The minimum atomic E-state index is -2.17. The van der Waals surface area contributed by atoms with Crippen molar-refractivity contribution >= 4 is 22.2 Å². The van der Waals surface area contributed by atoms with Crippen LogP contribution in [-0.4, -0.2) is 28.0 Å². The Morgan fingerprint density at radius 1 is 1.00 bits per heavy atom. The van der Waals surface area contributed by atoms with E-state index in [1.54, 1.807) is 0 Å². The van der Waals surface area contributed by atoms with Crippen LogP contribution in [0, 0.1) is 0 Å². The van der Waals surface area contributed by atoms with Gasteiger partial charge in [0, 0.05) is 10.5 Å². The zero-order valence-corrected chi connectivity index (χ0v) is 16.2. The molecule has 0 aromatic carbocycles. The molecule has 0 aliphatic heterocycles. The molecular formula is C5H10K2O4S2. The molecule has 0 fully saturated rings. The number of hydrogen-bond donors (Lipinski definition) is 0. The van der Waals surface area contributed by atoms with Gasteiger partial charge in [-0.15, -0.1) is 0 Å². The van der Waals surface area contributed by atoms with E-state index in [-0.39, 0.29) is 109 Å². The summed E-state index contributed by atoms with van der Waals surface area (Å²) < 4.78 is 41.0. The second kappa shape index (κ2) is 12.0. The molecule has 0 rings (SSSR count). The van der Waals surface area contributed by atoms with Crippen LogP contribution in [0.3, 0.4) is 0 Å². The summed E-state index contributed by atoms with van der Waals surface area (Å²) in [5.74, 6) is 0. The first kappa shape index (κ1) is 21.7. The molecule has 68 valence electrons. The van der Waals surface area contributed by atoms with Crippen molar-refractivity contribution in [1.29, 1.82) is 0 Å². The summed E-state index contributed by atoms with van der Waals surface area (Å²) in [5, 5.41) is -1.19. The molecule has 13 heavy (non-hydrogen) atoms. The van der Waals surface area contributed by atoms with Gasteiger partial charge in [0.25, 0.3) is 0 Å². The van der Waals surface area contributed by atoms with E-state index in [1.165, 1.54) is 13.8 Å². The van der Waals surface area contributed by atoms with E-state index in [9.17, 15) is 17.5 Å². The van der Waals surface area contributed by atoms with Crippen LogP contribution in [0.1, 0.15) is 20.3 Å². The van der Waals surface area contributed by atoms with Crippen molar-refractivity contribution in [3.8, 4) is 0 Å². The standard InChI is InChI=1S/C5H12O4S2.2K/c1-4(10(6)7)3-5(2)11(8)9;;/h4-5H,3H2,1-2H3,(H,6,7)(H,8,9);;/q;2*+1/p-2. The summed E-state index contributed by atoms with van der Waals surface area (Å²) in [6.07, 6.45) is 0.159. The minimum absolute atomic E-state index is 0. The van der Waals surface area contributed by atoms with Gasteiger partial charge in [-0.2, -0.15) is 0 Å². The van der Waals surface area contributed by atoms with E-state index < -0.39 is 32.7 Å². The summed E-state index contributed by atoms with van der Waals surface area (Å²) >= 11 is -4.34. The molecule has 8 heteroatoms. The van der Waals surface area contributed by atoms with Gasteiger partial charge in [-0.25, -0.2) is 0 Å². The fourth-order valence-corrected chi connectivity index (χ4v) is 1.64. The maximum Gasteiger partial charge on any atom is 1.00 e. The van der Waals surface area contributed by atoms with Crippen molar-refractivity contribution in [2.75, 3.05) is 0 Å². The monoisotopic (exact) mass is 276 g/mol. The summed E-state index contributed by atoms with van der Waals surface area (Å²) in [4.78, 5) is 0. The molecule has 0 spiro atoms. The van der Waals surface area contributed by atoms with Crippen LogP contribution in [0.2, 0.25) is 0 Å². The zero-order chi connectivity index (χ0) is 9.02. The molecule has 0 N–H and O–H groups in total. The van der Waals surface area contributed by atoms with E-state index in [1.807, 2.05) is 0 Å². The predicted molar refractivity (Wildman–Crippen MR) is 41.4 cm³/mol. The Kier molecular flexibility index (Phi) is 20.0. The van der Waals surface area contributed by atoms with Crippen LogP contribution >= 0.6 is 0 Å². The molecule has 0 saturated heterocycles.